The van der Waals surface area contributed by atoms with Gasteiger partial charge < -0.3 is 5.11 Å². The Hall–Kier alpha value is -2.32. The Kier molecular flexibility index (Phi) is 4.38. The number of hydrogen-bond acceptors (Lipinski definition) is 3. The van der Waals surface area contributed by atoms with Crippen LogP contribution in [0.1, 0.15) is 18.4 Å². The Morgan fingerprint density at radius 2 is 2.05 bits per heavy atom. The Balaban J connectivity index is 2.18. The second-order valence-corrected chi connectivity index (χ2v) is 4.55. The van der Waals surface area contributed by atoms with Gasteiger partial charge in [0, 0.05) is 23.8 Å². The standard InChI is InChI=1S/C14H11ClN2O3/c15-11-5-3-10(4-6-11)12-7-8-13(18)17(16-12)9-1-2-14(19)20/h3-6H,7-9H2,(H,19,20). The number of carbonyl (C=O) groups excluding carboxylic acids is 1. The van der Waals surface area contributed by atoms with E-state index in [2.05, 4.69) is 11.0 Å². The Morgan fingerprint density at radius 3 is 2.70 bits per heavy atom. The maximum atomic E-state index is 11.7. The van der Waals surface area contributed by atoms with Crippen molar-refractivity contribution in [1.29, 1.82) is 0 Å². The molecule has 0 saturated heterocycles. The first-order chi connectivity index (χ1) is 9.56. The first kappa shape index (κ1) is 14.1. The number of amides is 1. The van der Waals surface area contributed by atoms with Crippen molar-refractivity contribution in [3.63, 3.8) is 0 Å². The summed E-state index contributed by atoms with van der Waals surface area (Å²) in [6.45, 7) is -0.0256. The molecule has 0 aliphatic carbocycles. The molecule has 1 amide bonds. The van der Waals surface area contributed by atoms with Crippen LogP contribution in [0.3, 0.4) is 0 Å². The lowest BCUT2D eigenvalue weighted by Gasteiger charge is -2.21. The van der Waals surface area contributed by atoms with Crippen molar-refractivity contribution in [3.8, 4) is 11.8 Å². The molecule has 0 fully saturated rings. The van der Waals surface area contributed by atoms with E-state index in [1.165, 1.54) is 5.01 Å². The highest BCUT2D eigenvalue weighted by molar-refractivity contribution is 6.30. The zero-order valence-corrected chi connectivity index (χ0v) is 11.2. The third-order valence-corrected chi connectivity index (χ3v) is 2.96. The first-order valence-electron chi connectivity index (χ1n) is 5.92. The summed E-state index contributed by atoms with van der Waals surface area (Å²) in [7, 11) is 0. The Morgan fingerprint density at radius 1 is 1.35 bits per heavy atom. The zero-order chi connectivity index (χ0) is 14.5. The van der Waals surface area contributed by atoms with Crippen molar-refractivity contribution < 1.29 is 14.7 Å². The van der Waals surface area contributed by atoms with Gasteiger partial charge in [-0.25, -0.2) is 9.80 Å². The summed E-state index contributed by atoms with van der Waals surface area (Å²) >= 11 is 5.82. The molecule has 6 heteroatoms. The third-order valence-electron chi connectivity index (χ3n) is 2.71. The molecule has 5 nitrogen and oxygen atoms in total. The molecule has 20 heavy (non-hydrogen) atoms. The van der Waals surface area contributed by atoms with Crippen LogP contribution in [0, 0.1) is 11.8 Å². The molecule has 1 aliphatic rings. The molecule has 1 heterocycles. The van der Waals surface area contributed by atoms with Crippen LogP contribution in [0.4, 0.5) is 0 Å². The van der Waals surface area contributed by atoms with Gasteiger partial charge in [0.1, 0.15) is 6.54 Å². The fourth-order valence-corrected chi connectivity index (χ4v) is 1.89. The molecule has 1 aromatic rings. The van der Waals surface area contributed by atoms with Gasteiger partial charge >= 0.3 is 5.97 Å². The second kappa shape index (κ2) is 6.22. The van der Waals surface area contributed by atoms with Crippen molar-refractivity contribution in [2.45, 2.75) is 12.8 Å². The summed E-state index contributed by atoms with van der Waals surface area (Å²) in [5.74, 6) is 2.96. The smallest absolute Gasteiger partial charge is 0.381 e. The SMILES string of the molecule is O=C(O)C#CCN1N=C(c2ccc(Cl)cc2)CCC1=O. The molecule has 102 valence electrons. The van der Waals surface area contributed by atoms with E-state index in [1.807, 2.05) is 18.1 Å². The average molecular weight is 291 g/mol. The number of hydrazone groups is 1. The van der Waals surface area contributed by atoms with Crippen LogP contribution in [-0.4, -0.2) is 34.2 Å². The van der Waals surface area contributed by atoms with Gasteiger partial charge in [0.15, 0.2) is 0 Å². The predicted octanol–water partition coefficient (Wildman–Crippen LogP) is 1.75. The normalized spacial score (nSPS) is 14.3. The highest BCUT2D eigenvalue weighted by atomic mass is 35.5. The molecular formula is C14H11ClN2O3. The quantitative estimate of drug-likeness (QED) is 0.844. The average Bonchev–Trinajstić information content (AvgIpc) is 2.41. The predicted molar refractivity (Wildman–Crippen MR) is 74.3 cm³/mol. The number of halogens is 1. The van der Waals surface area contributed by atoms with E-state index < -0.39 is 5.97 Å². The molecule has 2 rings (SSSR count). The summed E-state index contributed by atoms with van der Waals surface area (Å²) in [5, 5.41) is 14.5. The van der Waals surface area contributed by atoms with E-state index in [9.17, 15) is 9.59 Å². The van der Waals surface area contributed by atoms with E-state index in [0.29, 0.717) is 17.9 Å². The van der Waals surface area contributed by atoms with Crippen LogP contribution < -0.4 is 0 Å². The highest BCUT2D eigenvalue weighted by Crippen LogP contribution is 2.17. The summed E-state index contributed by atoms with van der Waals surface area (Å²) in [4.78, 5) is 22.0. The number of rotatable bonds is 2. The van der Waals surface area contributed by atoms with Gasteiger partial charge in [-0.3, -0.25) is 4.79 Å². The maximum Gasteiger partial charge on any atom is 0.381 e. The topological polar surface area (TPSA) is 70.0 Å². The maximum absolute atomic E-state index is 11.7. The second-order valence-electron chi connectivity index (χ2n) is 4.11. The third kappa shape index (κ3) is 3.59. The van der Waals surface area contributed by atoms with Gasteiger partial charge in [0.05, 0.1) is 5.71 Å². The number of nitrogens with zero attached hydrogens (tertiary/aromatic N) is 2. The Bertz CT molecular complexity index is 626. The van der Waals surface area contributed by atoms with Gasteiger partial charge in [-0.05, 0) is 17.7 Å². The molecular weight excluding hydrogens is 280 g/mol. The summed E-state index contributed by atoms with van der Waals surface area (Å²) < 4.78 is 0. The first-order valence-corrected chi connectivity index (χ1v) is 6.29. The fourth-order valence-electron chi connectivity index (χ4n) is 1.76. The number of hydrogen-bond donors (Lipinski definition) is 1. The molecule has 0 radical (unpaired) electrons. The van der Waals surface area contributed by atoms with Crippen LogP contribution >= 0.6 is 11.6 Å². The minimum Gasteiger partial charge on any atom is -0.472 e. The summed E-state index contributed by atoms with van der Waals surface area (Å²) in [6, 6.07) is 7.17. The highest BCUT2D eigenvalue weighted by Gasteiger charge is 2.20. The molecule has 0 unspecified atom stereocenters. The minimum absolute atomic E-state index is 0.0256. The number of carboxylic acid groups (broad SMARTS) is 1. The van der Waals surface area contributed by atoms with Crippen LogP contribution in [0.5, 0.6) is 0 Å². The molecule has 0 spiro atoms. The van der Waals surface area contributed by atoms with Crippen LogP contribution in [0.2, 0.25) is 5.02 Å². The van der Waals surface area contributed by atoms with Gasteiger partial charge in [0.2, 0.25) is 5.91 Å². The van der Waals surface area contributed by atoms with Crippen molar-refractivity contribution in [3.05, 3.63) is 34.9 Å². The van der Waals surface area contributed by atoms with Gasteiger partial charge in [0.25, 0.3) is 0 Å². The molecule has 1 N–H and O–H groups in total. The van der Waals surface area contributed by atoms with E-state index in [0.717, 1.165) is 11.3 Å². The lowest BCUT2D eigenvalue weighted by atomic mass is 10.0. The molecule has 0 aromatic heterocycles. The molecule has 1 aliphatic heterocycles. The van der Waals surface area contributed by atoms with Crippen molar-refractivity contribution in [2.24, 2.45) is 5.10 Å². The molecule has 0 bridgehead atoms. The lowest BCUT2D eigenvalue weighted by Crippen LogP contribution is -2.32. The largest absolute Gasteiger partial charge is 0.472 e. The summed E-state index contributed by atoms with van der Waals surface area (Å²) in [6.07, 6.45) is 0.875. The molecule has 0 atom stereocenters. The monoisotopic (exact) mass is 290 g/mol. The van der Waals surface area contributed by atoms with Crippen molar-refractivity contribution in [1.82, 2.24) is 5.01 Å². The van der Waals surface area contributed by atoms with Crippen LogP contribution in [0.25, 0.3) is 0 Å². The van der Waals surface area contributed by atoms with Gasteiger partial charge in [-0.2, -0.15) is 5.10 Å². The van der Waals surface area contributed by atoms with Crippen LogP contribution in [0.15, 0.2) is 29.4 Å². The number of carboxylic acids is 1. The fraction of sp³-hybridized carbons (Fsp3) is 0.214. The van der Waals surface area contributed by atoms with E-state index >= 15 is 0 Å². The Labute approximate surface area is 120 Å². The van der Waals surface area contributed by atoms with Gasteiger partial charge in [-0.15, -0.1) is 0 Å². The number of carbonyl (C=O) groups is 2. The van der Waals surface area contributed by atoms with Crippen molar-refractivity contribution >= 4 is 29.2 Å². The van der Waals surface area contributed by atoms with Gasteiger partial charge in [-0.1, -0.05) is 29.7 Å². The van der Waals surface area contributed by atoms with Crippen LogP contribution in [-0.2, 0) is 9.59 Å². The molecule has 1 aromatic carbocycles. The minimum atomic E-state index is -1.23. The number of benzene rings is 1. The van der Waals surface area contributed by atoms with E-state index in [-0.39, 0.29) is 12.5 Å². The van der Waals surface area contributed by atoms with Crippen molar-refractivity contribution in [2.75, 3.05) is 6.54 Å². The summed E-state index contributed by atoms with van der Waals surface area (Å²) in [5.41, 5.74) is 1.65. The zero-order valence-electron chi connectivity index (χ0n) is 10.5. The molecule has 0 saturated carbocycles. The van der Waals surface area contributed by atoms with E-state index in [4.69, 9.17) is 16.7 Å². The van der Waals surface area contributed by atoms with E-state index in [1.54, 1.807) is 12.1 Å². The lowest BCUT2D eigenvalue weighted by molar-refractivity contribution is -0.132. The number of aliphatic carboxylic acids is 1.